The second-order valence-corrected chi connectivity index (χ2v) is 16.1. The Morgan fingerprint density at radius 3 is 1.62 bits per heavy atom. The Morgan fingerprint density at radius 1 is 1.25 bits per heavy atom. The van der Waals surface area contributed by atoms with Crippen molar-refractivity contribution in [1.29, 1.82) is 0 Å². The zero-order valence-electron chi connectivity index (χ0n) is 4.49. The summed E-state index contributed by atoms with van der Waals surface area (Å²) >= 11 is -2.46. The summed E-state index contributed by atoms with van der Waals surface area (Å²) in [5.41, 5.74) is 3.45. The first-order chi connectivity index (χ1) is 3.42. The van der Waals surface area contributed by atoms with Gasteiger partial charge < -0.3 is 0 Å². The van der Waals surface area contributed by atoms with Gasteiger partial charge in [-0.15, -0.1) is 0 Å². The molecule has 0 fully saturated rings. The van der Waals surface area contributed by atoms with E-state index in [0.29, 0.717) is 0 Å². The van der Waals surface area contributed by atoms with Gasteiger partial charge in [-0.3, -0.25) is 0 Å². The third-order valence-corrected chi connectivity index (χ3v) is 7.72. The van der Waals surface area contributed by atoms with E-state index >= 15 is 0 Å². The monoisotopic (exact) mass is 254 g/mol. The van der Waals surface area contributed by atoms with Gasteiger partial charge in [-0.05, 0) is 0 Å². The minimum absolute atomic E-state index is 1.04. The average molecular weight is 253 g/mol. The van der Waals surface area contributed by atoms with Crippen molar-refractivity contribution in [2.75, 3.05) is 0 Å². The van der Waals surface area contributed by atoms with Crippen molar-refractivity contribution >= 4 is 25.7 Å². The molecule has 0 amide bonds. The first-order valence-corrected chi connectivity index (χ1v) is 11.2. The van der Waals surface area contributed by atoms with E-state index in [2.05, 4.69) is 0 Å². The Hall–Kier alpha value is 0.868. The Balaban J connectivity index is 3.39. The van der Waals surface area contributed by atoms with Gasteiger partial charge >= 0.3 is 55.4 Å². The molecule has 0 aromatic carbocycles. The molecule has 5 heteroatoms. The van der Waals surface area contributed by atoms with Gasteiger partial charge in [0.2, 0.25) is 0 Å². The topological polar surface area (TPSA) is 0 Å². The predicted octanol–water partition coefficient (Wildman–Crippen LogP) is 1.46. The summed E-state index contributed by atoms with van der Waals surface area (Å²) in [6.07, 6.45) is 0. The molecule has 0 aromatic heterocycles. The molecule has 0 radical (unpaired) electrons. The van der Waals surface area contributed by atoms with E-state index in [0.717, 1.165) is 0 Å². The van der Waals surface area contributed by atoms with E-state index in [1.807, 2.05) is 0 Å². The van der Waals surface area contributed by atoms with Crippen LogP contribution in [0.4, 0.5) is 13.2 Å². The molecular formula is C3H6AsF3Se. The molecule has 0 heterocycles. The molecule has 0 aliphatic heterocycles. The molecule has 0 saturated carbocycles. The van der Waals surface area contributed by atoms with Gasteiger partial charge in [0, 0.05) is 0 Å². The van der Waals surface area contributed by atoms with E-state index < -0.39 is 30.8 Å². The Kier molecular flexibility index (Phi) is 3.48. The molecule has 0 bridgehead atoms. The van der Waals surface area contributed by atoms with Crippen LogP contribution in [0.15, 0.2) is 0 Å². The van der Waals surface area contributed by atoms with Crippen molar-refractivity contribution in [3.63, 3.8) is 0 Å². The third kappa shape index (κ3) is 6.87. The van der Waals surface area contributed by atoms with Gasteiger partial charge in [-0.2, -0.15) is 0 Å². The summed E-state index contributed by atoms with van der Waals surface area (Å²) in [5.74, 6) is 0. The molecule has 0 aromatic rings. The molecule has 0 rings (SSSR count). The fourth-order valence-electron chi connectivity index (χ4n) is 0.207. The van der Waals surface area contributed by atoms with E-state index in [1.54, 1.807) is 11.4 Å². The van der Waals surface area contributed by atoms with Crippen molar-refractivity contribution < 1.29 is 13.2 Å². The van der Waals surface area contributed by atoms with Crippen LogP contribution >= 0.6 is 0 Å². The van der Waals surface area contributed by atoms with Gasteiger partial charge in [-0.1, -0.05) is 0 Å². The molecule has 0 unspecified atom stereocenters. The maximum absolute atomic E-state index is 11.4. The van der Waals surface area contributed by atoms with E-state index in [4.69, 9.17) is 0 Å². The molecule has 0 N–H and O–H groups in total. The van der Waals surface area contributed by atoms with Crippen molar-refractivity contribution in [2.24, 2.45) is 0 Å². The summed E-state index contributed by atoms with van der Waals surface area (Å²) in [6.45, 7) is 0. The van der Waals surface area contributed by atoms with Crippen LogP contribution in [0.1, 0.15) is 0 Å². The van der Waals surface area contributed by atoms with Crippen molar-refractivity contribution in [2.45, 2.75) is 16.5 Å². The molecule has 0 atom stereocenters. The quantitative estimate of drug-likeness (QED) is 0.620. The van der Waals surface area contributed by atoms with Crippen LogP contribution in [0.25, 0.3) is 0 Å². The standard InChI is InChI=1S/C3H6AsF3Se/c1-4(2)8-3(5,6)7/h1-2H3. The Bertz CT molecular complexity index is 69.4. The molecule has 0 spiro atoms. The molecule has 50 valence electrons. The third-order valence-electron chi connectivity index (χ3n) is 0.286. The molecule has 0 aliphatic rings. The summed E-state index contributed by atoms with van der Waals surface area (Å²) in [6, 6.07) is 0. The first-order valence-electron chi connectivity index (χ1n) is 1.85. The second-order valence-electron chi connectivity index (χ2n) is 1.35. The Morgan fingerprint density at radius 2 is 1.62 bits per heavy atom. The summed E-state index contributed by atoms with van der Waals surface area (Å²) in [5, 5.41) is -3.85. The Labute approximate surface area is 55.7 Å². The maximum atomic E-state index is 11.4. The second kappa shape index (κ2) is 3.14. The SMILES string of the molecule is C[As](C)[Se]C(F)(F)F. The normalized spacial score (nSPS) is 12.8. The van der Waals surface area contributed by atoms with Crippen LogP contribution in [0.5, 0.6) is 0 Å². The van der Waals surface area contributed by atoms with Crippen LogP contribution in [0.3, 0.4) is 0 Å². The van der Waals surface area contributed by atoms with Crippen LogP contribution < -0.4 is 0 Å². The zero-order valence-corrected chi connectivity index (χ0v) is 8.08. The summed E-state index contributed by atoms with van der Waals surface area (Å²) < 4.78 is 34.1. The van der Waals surface area contributed by atoms with Crippen molar-refractivity contribution in [3.8, 4) is 0 Å². The number of hydrogen-bond donors (Lipinski definition) is 0. The van der Waals surface area contributed by atoms with Gasteiger partial charge in [0.05, 0.1) is 0 Å². The molecular weight excluding hydrogens is 247 g/mol. The predicted molar refractivity (Wildman–Crippen MR) is 29.3 cm³/mol. The number of rotatable bonds is 1. The fourth-order valence-corrected chi connectivity index (χ4v) is 5.59. The zero-order chi connectivity index (χ0) is 6.78. The van der Waals surface area contributed by atoms with Crippen LogP contribution in [0, 0.1) is 0 Å². The number of hydrogen-bond acceptors (Lipinski definition) is 0. The van der Waals surface area contributed by atoms with Gasteiger partial charge in [-0.25, -0.2) is 0 Å². The van der Waals surface area contributed by atoms with Crippen LogP contribution in [-0.4, -0.2) is 30.8 Å². The van der Waals surface area contributed by atoms with Crippen LogP contribution in [0.2, 0.25) is 11.4 Å². The minimum atomic E-state index is -3.85. The number of alkyl halides is 3. The van der Waals surface area contributed by atoms with Crippen molar-refractivity contribution in [3.05, 3.63) is 0 Å². The van der Waals surface area contributed by atoms with Crippen molar-refractivity contribution in [1.82, 2.24) is 0 Å². The summed E-state index contributed by atoms with van der Waals surface area (Å²) in [7, 11) is 0. The molecule has 0 nitrogen and oxygen atoms in total. The molecule has 0 saturated heterocycles. The van der Waals surface area contributed by atoms with Gasteiger partial charge in [0.1, 0.15) is 0 Å². The van der Waals surface area contributed by atoms with Gasteiger partial charge in [0.25, 0.3) is 0 Å². The first kappa shape index (κ1) is 8.87. The van der Waals surface area contributed by atoms with Crippen LogP contribution in [-0.2, 0) is 0 Å². The van der Waals surface area contributed by atoms with E-state index in [1.165, 1.54) is 0 Å². The molecule has 8 heavy (non-hydrogen) atoms. The van der Waals surface area contributed by atoms with Gasteiger partial charge in [0.15, 0.2) is 0 Å². The van der Waals surface area contributed by atoms with E-state index in [-0.39, 0.29) is 0 Å². The molecule has 0 aliphatic carbocycles. The average Bonchev–Trinajstić information content (AvgIpc) is 1.21. The summed E-state index contributed by atoms with van der Waals surface area (Å²) in [4.78, 5) is 0. The van der Waals surface area contributed by atoms with E-state index in [9.17, 15) is 13.2 Å². The fraction of sp³-hybridized carbons (Fsp3) is 1.00. The number of halogens is 3.